The summed E-state index contributed by atoms with van der Waals surface area (Å²) >= 11 is 0. The highest BCUT2D eigenvalue weighted by Gasteiger charge is 2.37. The number of hydrogen-bond donors (Lipinski definition) is 1. The molecular weight excluding hydrogens is 266 g/mol. The van der Waals surface area contributed by atoms with Crippen molar-refractivity contribution in [3.05, 3.63) is 0 Å². The molecule has 1 aliphatic heterocycles. The highest BCUT2D eigenvalue weighted by atomic mass is 16.2. The molecular formula is C16H29N3O2. The number of hydrogen-bond acceptors (Lipinski definition) is 3. The zero-order chi connectivity index (χ0) is 15.2. The number of amides is 2. The normalized spacial score (nSPS) is 24.4. The van der Waals surface area contributed by atoms with E-state index in [-0.39, 0.29) is 17.7 Å². The van der Waals surface area contributed by atoms with Gasteiger partial charge in [-0.15, -0.1) is 0 Å². The van der Waals surface area contributed by atoms with Gasteiger partial charge in [0.05, 0.1) is 5.92 Å². The first kappa shape index (κ1) is 16.3. The lowest BCUT2D eigenvalue weighted by Gasteiger charge is -2.27. The molecule has 2 rings (SSSR count). The van der Waals surface area contributed by atoms with Crippen molar-refractivity contribution in [1.29, 1.82) is 0 Å². The maximum Gasteiger partial charge on any atom is 0.225 e. The van der Waals surface area contributed by atoms with Crippen molar-refractivity contribution >= 4 is 11.8 Å². The Labute approximate surface area is 128 Å². The van der Waals surface area contributed by atoms with Crippen molar-refractivity contribution in [1.82, 2.24) is 15.1 Å². The van der Waals surface area contributed by atoms with Crippen molar-refractivity contribution in [2.45, 2.75) is 51.0 Å². The smallest absolute Gasteiger partial charge is 0.225 e. The summed E-state index contributed by atoms with van der Waals surface area (Å²) in [5.74, 6) is 0.0684. The van der Waals surface area contributed by atoms with Gasteiger partial charge in [0.1, 0.15) is 0 Å². The molecule has 0 radical (unpaired) electrons. The molecule has 2 aliphatic rings. The third kappa shape index (κ3) is 4.70. The van der Waals surface area contributed by atoms with Gasteiger partial charge in [-0.25, -0.2) is 0 Å². The minimum atomic E-state index is -0.150. The molecule has 1 atom stereocenters. The van der Waals surface area contributed by atoms with Crippen LogP contribution in [0.15, 0.2) is 0 Å². The van der Waals surface area contributed by atoms with Gasteiger partial charge in [-0.2, -0.15) is 0 Å². The van der Waals surface area contributed by atoms with Crippen LogP contribution in [0.5, 0.6) is 0 Å². The van der Waals surface area contributed by atoms with Gasteiger partial charge in [-0.1, -0.05) is 25.7 Å². The van der Waals surface area contributed by atoms with Crippen LogP contribution in [0, 0.1) is 5.92 Å². The lowest BCUT2D eigenvalue weighted by Crippen LogP contribution is -2.39. The van der Waals surface area contributed by atoms with Crippen molar-refractivity contribution < 1.29 is 9.59 Å². The second-order valence-electron chi connectivity index (χ2n) is 6.69. The minimum Gasteiger partial charge on any atom is -0.355 e. The van der Waals surface area contributed by atoms with E-state index in [4.69, 9.17) is 0 Å². The van der Waals surface area contributed by atoms with E-state index < -0.39 is 0 Å². The third-order valence-corrected chi connectivity index (χ3v) is 4.65. The minimum absolute atomic E-state index is 0.0429. The summed E-state index contributed by atoms with van der Waals surface area (Å²) in [4.78, 5) is 28.4. The average Bonchev–Trinajstić information content (AvgIpc) is 2.65. The molecule has 5 nitrogen and oxygen atoms in total. The molecule has 0 aromatic carbocycles. The Balaban J connectivity index is 1.82. The summed E-state index contributed by atoms with van der Waals surface area (Å²) in [5.41, 5.74) is 0. The number of likely N-dealkylation sites (tertiary alicyclic amines) is 1. The Morgan fingerprint density at radius 3 is 2.52 bits per heavy atom. The monoisotopic (exact) mass is 295 g/mol. The average molecular weight is 295 g/mol. The molecule has 1 saturated heterocycles. The summed E-state index contributed by atoms with van der Waals surface area (Å²) in [6, 6.07) is 0.375. The summed E-state index contributed by atoms with van der Waals surface area (Å²) in [5, 5.41) is 2.95. The predicted molar refractivity (Wildman–Crippen MR) is 82.9 cm³/mol. The van der Waals surface area contributed by atoms with E-state index in [1.807, 2.05) is 23.9 Å². The van der Waals surface area contributed by atoms with Gasteiger partial charge >= 0.3 is 0 Å². The summed E-state index contributed by atoms with van der Waals surface area (Å²) in [6.45, 7) is 2.11. The van der Waals surface area contributed by atoms with E-state index in [1.54, 1.807) is 0 Å². The Morgan fingerprint density at radius 2 is 1.90 bits per heavy atom. The van der Waals surface area contributed by atoms with Gasteiger partial charge in [0.15, 0.2) is 0 Å². The molecule has 2 fully saturated rings. The molecule has 0 aromatic heterocycles. The molecule has 5 heteroatoms. The molecule has 1 aliphatic carbocycles. The molecule has 21 heavy (non-hydrogen) atoms. The van der Waals surface area contributed by atoms with Crippen LogP contribution < -0.4 is 5.32 Å². The fourth-order valence-electron chi connectivity index (χ4n) is 3.38. The molecule has 0 spiro atoms. The third-order valence-electron chi connectivity index (χ3n) is 4.65. The van der Waals surface area contributed by atoms with E-state index in [2.05, 4.69) is 5.32 Å². The Kier molecular flexibility index (Phi) is 6.03. The van der Waals surface area contributed by atoms with E-state index in [0.717, 1.165) is 19.4 Å². The SMILES string of the molecule is CN(C)CCNC(=O)C1CC(=O)N(C2CCCCCC2)C1. The molecule has 1 heterocycles. The van der Waals surface area contributed by atoms with Crippen LogP contribution in [0.3, 0.4) is 0 Å². The van der Waals surface area contributed by atoms with E-state index in [0.29, 0.717) is 25.6 Å². The number of nitrogens with zero attached hydrogens (tertiary/aromatic N) is 2. The summed E-state index contributed by atoms with van der Waals surface area (Å²) in [6.07, 6.45) is 7.62. The summed E-state index contributed by atoms with van der Waals surface area (Å²) < 4.78 is 0. The zero-order valence-electron chi connectivity index (χ0n) is 13.4. The van der Waals surface area contributed by atoms with Gasteiger partial charge < -0.3 is 15.1 Å². The fraction of sp³-hybridized carbons (Fsp3) is 0.875. The topological polar surface area (TPSA) is 52.7 Å². The quantitative estimate of drug-likeness (QED) is 0.776. The molecule has 1 saturated carbocycles. The van der Waals surface area contributed by atoms with E-state index >= 15 is 0 Å². The van der Waals surface area contributed by atoms with Gasteiger partial charge in [0.2, 0.25) is 11.8 Å². The Morgan fingerprint density at radius 1 is 1.24 bits per heavy atom. The van der Waals surface area contributed by atoms with Gasteiger partial charge in [0, 0.05) is 32.1 Å². The van der Waals surface area contributed by atoms with E-state index in [9.17, 15) is 9.59 Å². The molecule has 1 N–H and O–H groups in total. The highest BCUT2D eigenvalue weighted by Crippen LogP contribution is 2.28. The first-order valence-corrected chi connectivity index (χ1v) is 8.30. The van der Waals surface area contributed by atoms with Crippen molar-refractivity contribution in [2.75, 3.05) is 33.7 Å². The van der Waals surface area contributed by atoms with Crippen LogP contribution in [-0.2, 0) is 9.59 Å². The first-order chi connectivity index (χ1) is 10.1. The Bertz CT molecular complexity index is 363. The number of likely N-dealkylation sites (N-methyl/N-ethyl adjacent to an activating group) is 1. The molecule has 0 bridgehead atoms. The van der Waals surface area contributed by atoms with Crippen molar-refractivity contribution in [2.24, 2.45) is 5.92 Å². The van der Waals surface area contributed by atoms with Crippen LogP contribution >= 0.6 is 0 Å². The molecule has 120 valence electrons. The summed E-state index contributed by atoms with van der Waals surface area (Å²) in [7, 11) is 3.97. The zero-order valence-corrected chi connectivity index (χ0v) is 13.4. The van der Waals surface area contributed by atoms with Crippen LogP contribution in [0.2, 0.25) is 0 Å². The van der Waals surface area contributed by atoms with Crippen LogP contribution in [0.25, 0.3) is 0 Å². The number of carbonyl (C=O) groups excluding carboxylic acids is 2. The van der Waals surface area contributed by atoms with Crippen molar-refractivity contribution in [3.8, 4) is 0 Å². The number of rotatable bonds is 5. The second-order valence-corrected chi connectivity index (χ2v) is 6.69. The van der Waals surface area contributed by atoms with E-state index in [1.165, 1.54) is 25.7 Å². The van der Waals surface area contributed by atoms with Crippen LogP contribution in [0.1, 0.15) is 44.9 Å². The molecule has 1 unspecified atom stereocenters. The predicted octanol–water partition coefficient (Wildman–Crippen LogP) is 1.24. The van der Waals surface area contributed by atoms with Crippen molar-refractivity contribution in [3.63, 3.8) is 0 Å². The number of nitrogens with one attached hydrogen (secondary N) is 1. The van der Waals surface area contributed by atoms with Gasteiger partial charge in [0.25, 0.3) is 0 Å². The standard InChI is InChI=1S/C16H29N3O2/c1-18(2)10-9-17-16(21)13-11-15(20)19(12-13)14-7-5-3-4-6-8-14/h13-14H,3-12H2,1-2H3,(H,17,21). The number of carbonyl (C=O) groups is 2. The maximum absolute atomic E-state index is 12.2. The first-order valence-electron chi connectivity index (χ1n) is 8.30. The van der Waals surface area contributed by atoms with Gasteiger partial charge in [-0.05, 0) is 26.9 Å². The molecule has 0 aromatic rings. The Hall–Kier alpha value is -1.10. The molecule has 2 amide bonds. The fourth-order valence-corrected chi connectivity index (χ4v) is 3.38. The highest BCUT2D eigenvalue weighted by molar-refractivity contribution is 5.89. The maximum atomic E-state index is 12.2. The van der Waals surface area contributed by atoms with Gasteiger partial charge in [-0.3, -0.25) is 9.59 Å². The lowest BCUT2D eigenvalue weighted by atomic mass is 10.1. The van der Waals surface area contributed by atoms with Crippen LogP contribution in [-0.4, -0.2) is 61.4 Å². The van der Waals surface area contributed by atoms with Crippen LogP contribution in [0.4, 0.5) is 0 Å². The second kappa shape index (κ2) is 7.78. The largest absolute Gasteiger partial charge is 0.355 e. The lowest BCUT2D eigenvalue weighted by molar-refractivity contribution is -0.130.